The summed E-state index contributed by atoms with van der Waals surface area (Å²) in [5, 5.41) is 4.22. The van der Waals surface area contributed by atoms with Crippen LogP contribution in [-0.2, 0) is 6.54 Å². The second-order valence-corrected chi connectivity index (χ2v) is 6.16. The fourth-order valence-electron chi connectivity index (χ4n) is 2.29. The molecule has 2 heterocycles. The molecule has 0 radical (unpaired) electrons. The fourth-order valence-corrected chi connectivity index (χ4v) is 3.68. The van der Waals surface area contributed by atoms with Gasteiger partial charge in [0.15, 0.2) is 11.5 Å². The van der Waals surface area contributed by atoms with E-state index in [1.807, 2.05) is 23.9 Å². The van der Waals surface area contributed by atoms with Crippen LogP contribution < -0.4 is 14.8 Å². The summed E-state index contributed by atoms with van der Waals surface area (Å²) < 4.78 is 10.7. The molecular formula is C13H16ClNO2S. The maximum atomic E-state index is 6.16. The Hall–Kier alpha value is -0.580. The molecule has 1 aromatic rings. The van der Waals surface area contributed by atoms with E-state index in [0.29, 0.717) is 16.8 Å². The summed E-state index contributed by atoms with van der Waals surface area (Å²) in [4.78, 5) is 0. The van der Waals surface area contributed by atoms with Crippen molar-refractivity contribution >= 4 is 23.4 Å². The van der Waals surface area contributed by atoms with Gasteiger partial charge in [0.2, 0.25) is 6.79 Å². The van der Waals surface area contributed by atoms with Crippen LogP contribution in [0.1, 0.15) is 18.4 Å². The molecule has 3 rings (SSSR count). The Kier molecular flexibility index (Phi) is 3.87. The molecule has 0 amide bonds. The molecule has 1 aromatic carbocycles. The zero-order valence-electron chi connectivity index (χ0n) is 10.1. The fraction of sp³-hybridized carbons (Fsp3) is 0.538. The summed E-state index contributed by atoms with van der Waals surface area (Å²) in [5.74, 6) is 3.94. The molecule has 18 heavy (non-hydrogen) atoms. The predicted octanol–water partition coefficient (Wildman–Crippen LogP) is 3.05. The van der Waals surface area contributed by atoms with Crippen LogP contribution >= 0.6 is 23.4 Å². The summed E-state index contributed by atoms with van der Waals surface area (Å²) in [7, 11) is 0. The van der Waals surface area contributed by atoms with Crippen LogP contribution in [0, 0.1) is 0 Å². The number of rotatable bonds is 3. The molecule has 0 aliphatic carbocycles. The van der Waals surface area contributed by atoms with Crippen LogP contribution in [0.2, 0.25) is 5.02 Å². The van der Waals surface area contributed by atoms with Gasteiger partial charge in [0, 0.05) is 18.3 Å². The minimum atomic E-state index is 0.269. The molecule has 0 saturated carbocycles. The zero-order chi connectivity index (χ0) is 12.4. The van der Waals surface area contributed by atoms with Gasteiger partial charge in [0.1, 0.15) is 0 Å². The Bertz CT molecular complexity index is 435. The first-order valence-corrected chi connectivity index (χ1v) is 7.75. The molecular weight excluding hydrogens is 270 g/mol. The molecule has 5 heteroatoms. The van der Waals surface area contributed by atoms with E-state index in [9.17, 15) is 0 Å². The molecule has 1 atom stereocenters. The normalized spacial score (nSPS) is 22.2. The van der Waals surface area contributed by atoms with Gasteiger partial charge in [0.25, 0.3) is 0 Å². The number of nitrogens with one attached hydrogen (secondary N) is 1. The molecule has 2 aliphatic heterocycles. The molecule has 3 nitrogen and oxygen atoms in total. The van der Waals surface area contributed by atoms with Crippen LogP contribution in [0.3, 0.4) is 0 Å². The highest BCUT2D eigenvalue weighted by molar-refractivity contribution is 7.99. The molecule has 0 spiro atoms. The number of halogens is 1. The van der Waals surface area contributed by atoms with Gasteiger partial charge in [-0.15, -0.1) is 0 Å². The largest absolute Gasteiger partial charge is 0.454 e. The minimum absolute atomic E-state index is 0.269. The average molecular weight is 286 g/mol. The number of benzene rings is 1. The zero-order valence-corrected chi connectivity index (χ0v) is 11.6. The highest BCUT2D eigenvalue weighted by atomic mass is 35.5. The lowest BCUT2D eigenvalue weighted by atomic mass is 10.1. The van der Waals surface area contributed by atoms with E-state index in [4.69, 9.17) is 21.1 Å². The van der Waals surface area contributed by atoms with Gasteiger partial charge in [-0.2, -0.15) is 11.8 Å². The van der Waals surface area contributed by atoms with Crippen LogP contribution in [0.5, 0.6) is 11.5 Å². The molecule has 98 valence electrons. The third-order valence-corrected chi connectivity index (χ3v) is 4.74. The van der Waals surface area contributed by atoms with Gasteiger partial charge in [0.05, 0.1) is 5.02 Å². The highest BCUT2D eigenvalue weighted by Gasteiger charge is 2.19. The molecule has 1 saturated heterocycles. The van der Waals surface area contributed by atoms with Crippen molar-refractivity contribution in [1.29, 1.82) is 0 Å². The van der Waals surface area contributed by atoms with Gasteiger partial charge >= 0.3 is 0 Å². The third kappa shape index (κ3) is 2.71. The monoisotopic (exact) mass is 285 g/mol. The van der Waals surface area contributed by atoms with E-state index >= 15 is 0 Å². The third-order valence-electron chi connectivity index (χ3n) is 3.24. The van der Waals surface area contributed by atoms with Gasteiger partial charge in [-0.1, -0.05) is 11.6 Å². The number of ether oxygens (including phenoxy) is 2. The molecule has 0 bridgehead atoms. The van der Waals surface area contributed by atoms with Crippen molar-refractivity contribution in [2.75, 3.05) is 18.3 Å². The van der Waals surface area contributed by atoms with Crippen molar-refractivity contribution < 1.29 is 9.47 Å². The maximum absolute atomic E-state index is 6.16. The van der Waals surface area contributed by atoms with Crippen LogP contribution in [0.15, 0.2) is 12.1 Å². The number of hydrogen-bond acceptors (Lipinski definition) is 4. The minimum Gasteiger partial charge on any atom is -0.454 e. The summed E-state index contributed by atoms with van der Waals surface area (Å²) in [6.07, 6.45) is 2.58. The first-order valence-electron chi connectivity index (χ1n) is 6.22. The lowest BCUT2D eigenvalue weighted by Gasteiger charge is -2.22. The molecule has 2 aliphatic rings. The average Bonchev–Trinajstić information content (AvgIpc) is 2.86. The van der Waals surface area contributed by atoms with E-state index in [-0.39, 0.29) is 6.79 Å². The van der Waals surface area contributed by atoms with Crippen molar-refractivity contribution in [3.8, 4) is 11.5 Å². The van der Waals surface area contributed by atoms with Crippen LogP contribution in [0.4, 0.5) is 0 Å². The van der Waals surface area contributed by atoms with Crippen molar-refractivity contribution in [3.05, 3.63) is 22.7 Å². The second kappa shape index (κ2) is 5.59. The lowest BCUT2D eigenvalue weighted by molar-refractivity contribution is 0.174. The van der Waals surface area contributed by atoms with Crippen molar-refractivity contribution in [1.82, 2.24) is 5.32 Å². The van der Waals surface area contributed by atoms with E-state index in [0.717, 1.165) is 17.9 Å². The first-order chi connectivity index (χ1) is 8.83. The van der Waals surface area contributed by atoms with Crippen LogP contribution in [0.25, 0.3) is 0 Å². The van der Waals surface area contributed by atoms with Gasteiger partial charge < -0.3 is 14.8 Å². The van der Waals surface area contributed by atoms with Crippen molar-refractivity contribution in [3.63, 3.8) is 0 Å². The van der Waals surface area contributed by atoms with E-state index in [2.05, 4.69) is 5.32 Å². The van der Waals surface area contributed by atoms with E-state index < -0.39 is 0 Å². The summed E-state index contributed by atoms with van der Waals surface area (Å²) >= 11 is 8.19. The Morgan fingerprint density at radius 2 is 2.33 bits per heavy atom. The maximum Gasteiger partial charge on any atom is 0.231 e. The quantitative estimate of drug-likeness (QED) is 0.925. The standard InChI is InChI=1S/C13H16ClNO2S/c14-11-4-9(5-12-13(11)17-8-16-12)6-15-10-2-1-3-18-7-10/h4-5,10,15H,1-3,6-8H2. The molecule has 1 fully saturated rings. The second-order valence-electron chi connectivity index (χ2n) is 4.61. The predicted molar refractivity (Wildman–Crippen MR) is 74.8 cm³/mol. The van der Waals surface area contributed by atoms with E-state index in [1.165, 1.54) is 24.3 Å². The Morgan fingerprint density at radius 1 is 1.39 bits per heavy atom. The van der Waals surface area contributed by atoms with Gasteiger partial charge in [-0.25, -0.2) is 0 Å². The van der Waals surface area contributed by atoms with Gasteiger partial charge in [-0.3, -0.25) is 0 Å². The number of fused-ring (bicyclic) bond motifs is 1. The Balaban J connectivity index is 1.64. The Labute approximate surface area is 116 Å². The number of hydrogen-bond donors (Lipinski definition) is 1. The van der Waals surface area contributed by atoms with Gasteiger partial charge in [-0.05, 0) is 36.3 Å². The molecule has 0 aromatic heterocycles. The number of thioether (sulfide) groups is 1. The van der Waals surface area contributed by atoms with E-state index in [1.54, 1.807) is 0 Å². The highest BCUT2D eigenvalue weighted by Crippen LogP contribution is 2.39. The molecule has 1 N–H and O–H groups in total. The van der Waals surface area contributed by atoms with Crippen molar-refractivity contribution in [2.45, 2.75) is 25.4 Å². The lowest BCUT2D eigenvalue weighted by Crippen LogP contribution is -2.33. The Morgan fingerprint density at radius 3 is 3.17 bits per heavy atom. The topological polar surface area (TPSA) is 30.5 Å². The van der Waals surface area contributed by atoms with Crippen LogP contribution in [-0.4, -0.2) is 24.3 Å². The summed E-state index contributed by atoms with van der Waals surface area (Å²) in [6, 6.07) is 4.59. The van der Waals surface area contributed by atoms with Crippen molar-refractivity contribution in [2.24, 2.45) is 0 Å². The molecule has 1 unspecified atom stereocenters. The SMILES string of the molecule is Clc1cc(CNC2CCCSC2)cc2c1OCO2. The smallest absolute Gasteiger partial charge is 0.231 e. The summed E-state index contributed by atoms with van der Waals surface area (Å²) in [5.41, 5.74) is 1.15. The first kappa shape index (κ1) is 12.5. The summed E-state index contributed by atoms with van der Waals surface area (Å²) in [6.45, 7) is 1.10.